The first kappa shape index (κ1) is 47.8. The summed E-state index contributed by atoms with van der Waals surface area (Å²) in [5, 5.41) is 22.7. The topological polar surface area (TPSA) is 186 Å². The number of hydrogen-bond acceptors (Lipinski definition) is 15. The summed E-state index contributed by atoms with van der Waals surface area (Å²) < 4.78 is 45.9. The first-order valence-electron chi connectivity index (χ1n) is 22.0. The molecule has 5 aromatic rings. The number of phenolic OH excluding ortho intramolecular Hbond substituents is 1. The lowest BCUT2D eigenvalue weighted by atomic mass is 9.83. The lowest BCUT2D eigenvalue weighted by molar-refractivity contribution is -0.147. The van der Waals surface area contributed by atoms with Gasteiger partial charge >= 0.3 is 11.9 Å². The van der Waals surface area contributed by atoms with Crippen molar-refractivity contribution in [2.24, 2.45) is 5.92 Å². The van der Waals surface area contributed by atoms with E-state index in [0.29, 0.717) is 104 Å². The van der Waals surface area contributed by atoms with Crippen LogP contribution in [0.25, 0.3) is 49.2 Å². The van der Waals surface area contributed by atoms with E-state index in [0.717, 1.165) is 12.0 Å². The quantitative estimate of drug-likeness (QED) is 0.0171. The lowest BCUT2D eigenvalue weighted by Crippen LogP contribution is -2.26. The Labute approximate surface area is 372 Å². The van der Waals surface area contributed by atoms with Crippen LogP contribution in [0.2, 0.25) is 0 Å². The van der Waals surface area contributed by atoms with Crippen LogP contribution in [0.15, 0.2) is 27.3 Å². The van der Waals surface area contributed by atoms with E-state index in [1.54, 1.807) is 6.07 Å². The fourth-order valence-electron chi connectivity index (χ4n) is 8.62. The van der Waals surface area contributed by atoms with Crippen molar-refractivity contribution >= 4 is 72.5 Å². The van der Waals surface area contributed by atoms with Gasteiger partial charge in [-0.2, -0.15) is 0 Å². The number of esters is 2. The zero-order valence-electron chi connectivity index (χ0n) is 38.6. The molecule has 0 radical (unpaired) electrons. The van der Waals surface area contributed by atoms with E-state index >= 15 is 0 Å². The van der Waals surface area contributed by atoms with E-state index in [9.17, 15) is 24.3 Å². The highest BCUT2D eigenvalue weighted by atomic mass is 16.6. The highest BCUT2D eigenvalue weighted by molar-refractivity contribution is 6.40. The highest BCUT2D eigenvalue weighted by Gasteiger charge is 2.33. The Morgan fingerprint density at radius 3 is 1.97 bits per heavy atom. The van der Waals surface area contributed by atoms with E-state index in [1.807, 2.05) is 33.8 Å². The normalized spacial score (nSPS) is 12.7. The van der Waals surface area contributed by atoms with Gasteiger partial charge in [0.15, 0.2) is 16.9 Å². The van der Waals surface area contributed by atoms with Gasteiger partial charge in [-0.05, 0) is 58.3 Å². The van der Waals surface area contributed by atoms with Crippen LogP contribution in [-0.4, -0.2) is 103 Å². The van der Waals surface area contributed by atoms with Crippen LogP contribution in [0.5, 0.6) is 23.0 Å². The van der Waals surface area contributed by atoms with E-state index < -0.39 is 11.0 Å². The zero-order chi connectivity index (χ0) is 46.3. The van der Waals surface area contributed by atoms with Crippen molar-refractivity contribution in [1.82, 2.24) is 0 Å². The van der Waals surface area contributed by atoms with Crippen LogP contribution in [0.3, 0.4) is 0 Å². The van der Waals surface area contributed by atoms with Crippen molar-refractivity contribution < 1.29 is 52.6 Å². The van der Waals surface area contributed by atoms with Gasteiger partial charge in [-0.3, -0.25) is 19.2 Å². The van der Waals surface area contributed by atoms with Gasteiger partial charge in [-0.1, -0.05) is 25.5 Å². The summed E-state index contributed by atoms with van der Waals surface area (Å²) in [5.74, 6) is 0.404. The van der Waals surface area contributed by atoms with Gasteiger partial charge in [-0.25, -0.2) is 0 Å². The highest BCUT2D eigenvalue weighted by Crippen LogP contribution is 2.55. The molecule has 0 fully saturated rings. The number of fused-ring (bicyclic) bond motifs is 1. The third-order valence-electron chi connectivity index (χ3n) is 11.5. The van der Waals surface area contributed by atoms with Crippen molar-refractivity contribution in [3.8, 4) is 23.0 Å². The number of phenols is 1. The predicted molar refractivity (Wildman–Crippen MR) is 250 cm³/mol. The molecule has 15 nitrogen and oxygen atoms in total. The molecule has 0 aliphatic heterocycles. The fraction of sp³-hybridized carbons (Fsp3) is 0.510. The number of carbonyl (C=O) groups is 2. The van der Waals surface area contributed by atoms with Crippen LogP contribution < -0.4 is 35.7 Å². The maximum absolute atomic E-state index is 14.8. The predicted octanol–water partition coefficient (Wildman–Crippen LogP) is 7.56. The Morgan fingerprint density at radius 2 is 1.36 bits per heavy atom. The number of nitrogens with one attached hydrogen (secondary N) is 2. The van der Waals surface area contributed by atoms with Crippen LogP contribution in [-0.2, 0) is 39.7 Å². The SMILES string of the molecule is CCOC(C)(C)CCC(=O)OCCOCCNc1c(O)c2c(=O)cc(OC)c3c4c(OC)cc(NCCOCCOC(=O)CCC(C)C)c5c(=O)c(OC)c6c(c(c1C=C(C)C6)c23)c54. The van der Waals surface area contributed by atoms with E-state index in [-0.39, 0.29) is 92.6 Å². The van der Waals surface area contributed by atoms with Gasteiger partial charge in [-0.15, -0.1) is 0 Å². The molecule has 0 bridgehead atoms. The molecule has 346 valence electrons. The summed E-state index contributed by atoms with van der Waals surface area (Å²) in [6.45, 7) is 14.0. The molecule has 6 rings (SSSR count). The average molecular weight is 887 g/mol. The van der Waals surface area contributed by atoms with Crippen molar-refractivity contribution in [2.45, 2.75) is 79.2 Å². The molecule has 3 N–H and O–H groups in total. The second-order valence-electron chi connectivity index (χ2n) is 17.0. The average Bonchev–Trinajstić information content (AvgIpc) is 3.40. The number of anilines is 2. The van der Waals surface area contributed by atoms with Gasteiger partial charge in [0.2, 0.25) is 5.43 Å². The molecule has 0 spiro atoms. The number of ether oxygens (including phenoxy) is 8. The molecule has 0 heterocycles. The summed E-state index contributed by atoms with van der Waals surface area (Å²) in [7, 11) is 4.48. The number of carbonyl (C=O) groups excluding carboxylic acids is 2. The van der Waals surface area contributed by atoms with Crippen LogP contribution in [0.4, 0.5) is 11.4 Å². The number of aromatic hydroxyl groups is 1. The minimum Gasteiger partial charge on any atom is -0.505 e. The van der Waals surface area contributed by atoms with Crippen LogP contribution >= 0.6 is 0 Å². The lowest BCUT2D eigenvalue weighted by Gasteiger charge is -2.24. The second-order valence-corrected chi connectivity index (χ2v) is 17.0. The maximum atomic E-state index is 14.8. The van der Waals surface area contributed by atoms with E-state index in [2.05, 4.69) is 24.5 Å². The number of rotatable bonds is 25. The zero-order valence-corrected chi connectivity index (χ0v) is 38.6. The Balaban J connectivity index is 1.36. The van der Waals surface area contributed by atoms with Gasteiger partial charge in [0.25, 0.3) is 0 Å². The van der Waals surface area contributed by atoms with Crippen molar-refractivity contribution in [3.05, 3.63) is 49.3 Å². The fourth-order valence-corrected chi connectivity index (χ4v) is 8.62. The summed E-state index contributed by atoms with van der Waals surface area (Å²) in [6, 6.07) is 3.08. The molecule has 0 atom stereocenters. The summed E-state index contributed by atoms with van der Waals surface area (Å²) >= 11 is 0. The first-order valence-corrected chi connectivity index (χ1v) is 22.0. The summed E-state index contributed by atoms with van der Waals surface area (Å²) in [4.78, 5) is 53.2. The summed E-state index contributed by atoms with van der Waals surface area (Å²) in [5.41, 5.74) is 1.72. The number of hydrogen-bond donors (Lipinski definition) is 3. The van der Waals surface area contributed by atoms with Crippen molar-refractivity contribution in [3.63, 3.8) is 0 Å². The van der Waals surface area contributed by atoms with E-state index in [4.69, 9.17) is 37.9 Å². The molecule has 0 amide bonds. The van der Waals surface area contributed by atoms with Crippen LogP contribution in [0, 0.1) is 5.92 Å². The molecule has 0 aromatic heterocycles. The standard InChI is InChI=1S/C49H62N2O13/c1-10-64-49(5,6)14-13-36(54)63-22-20-61-18-16-51-45-29-23-28(4)24-30-38-37(29)44-40(46(45)55)32(52)26-34(58-8)42(44)41-33(57-7)25-31(39(43(38)41)47(56)48(30)59-9)50-15-17-60-19-21-62-35(53)12-11-27(2)3/h23,25-27,50-51,55H,10-22,24H2,1-9H3. The third-order valence-corrected chi connectivity index (χ3v) is 11.5. The monoisotopic (exact) mass is 886 g/mol. The van der Waals surface area contributed by atoms with Gasteiger partial charge in [0, 0.05) is 88.4 Å². The molecule has 5 aromatic carbocycles. The van der Waals surface area contributed by atoms with Crippen LogP contribution in [0.1, 0.15) is 78.4 Å². The molecule has 0 saturated heterocycles. The Kier molecular flexibility index (Phi) is 15.6. The number of methoxy groups -OCH3 is 3. The largest absolute Gasteiger partial charge is 0.505 e. The molecule has 64 heavy (non-hydrogen) atoms. The molecule has 1 aliphatic rings. The van der Waals surface area contributed by atoms with Crippen molar-refractivity contribution in [2.75, 3.05) is 91.3 Å². The van der Waals surface area contributed by atoms with Gasteiger partial charge < -0.3 is 53.6 Å². The minimum atomic E-state index is -0.456. The summed E-state index contributed by atoms with van der Waals surface area (Å²) in [6.07, 6.45) is 4.17. The third kappa shape index (κ3) is 10.0. The molecule has 1 aliphatic carbocycles. The van der Waals surface area contributed by atoms with E-state index in [1.165, 1.54) is 27.4 Å². The van der Waals surface area contributed by atoms with Gasteiger partial charge in [0.1, 0.15) is 24.7 Å². The number of allylic oxidation sites excluding steroid dienone is 1. The molecule has 0 saturated carbocycles. The number of benzene rings is 5. The maximum Gasteiger partial charge on any atom is 0.305 e. The first-order chi connectivity index (χ1) is 30.7. The smallest absolute Gasteiger partial charge is 0.305 e. The second kappa shape index (κ2) is 20.9. The minimum absolute atomic E-state index is 0.0762. The Bertz CT molecular complexity index is 2640. The molecule has 0 unspecified atom stereocenters. The molecular formula is C49H62N2O13. The van der Waals surface area contributed by atoms with Crippen molar-refractivity contribution in [1.29, 1.82) is 0 Å². The Morgan fingerprint density at radius 1 is 0.750 bits per heavy atom. The molecular weight excluding hydrogens is 825 g/mol. The van der Waals surface area contributed by atoms with Gasteiger partial charge in [0.05, 0.1) is 69.8 Å². The molecule has 15 heteroatoms. The Hall–Kier alpha value is -5.64.